The molecule has 0 bridgehead atoms. The maximum atomic E-state index is 12.9. The third-order valence-corrected chi connectivity index (χ3v) is 4.52. The van der Waals surface area contributed by atoms with E-state index in [1.807, 2.05) is 66.7 Å². The first-order valence-corrected chi connectivity index (χ1v) is 8.89. The molecule has 0 aromatic heterocycles. The molecule has 3 rings (SSSR count). The smallest absolute Gasteiger partial charge is 0.228 e. The van der Waals surface area contributed by atoms with Gasteiger partial charge in [0.15, 0.2) is 0 Å². The molecule has 0 heterocycles. The van der Waals surface area contributed by atoms with Gasteiger partial charge in [0, 0.05) is 6.54 Å². The molecule has 0 aliphatic rings. The van der Waals surface area contributed by atoms with Crippen LogP contribution in [-0.2, 0) is 17.8 Å². The number of aromatic hydroxyl groups is 1. The van der Waals surface area contributed by atoms with Gasteiger partial charge < -0.3 is 15.2 Å². The number of ether oxygens (including phenoxy) is 1. The van der Waals surface area contributed by atoms with Gasteiger partial charge in [-0.25, -0.2) is 0 Å². The lowest BCUT2D eigenvalue weighted by atomic mass is 9.91. The summed E-state index contributed by atoms with van der Waals surface area (Å²) in [6, 6.07) is 24.4. The van der Waals surface area contributed by atoms with Crippen molar-refractivity contribution in [2.24, 2.45) is 0 Å². The number of carbonyl (C=O) groups excluding carboxylic acids is 1. The van der Waals surface area contributed by atoms with Gasteiger partial charge in [0.25, 0.3) is 0 Å². The van der Waals surface area contributed by atoms with Crippen LogP contribution < -0.4 is 10.1 Å². The van der Waals surface area contributed by atoms with Gasteiger partial charge in [0.05, 0.1) is 13.0 Å². The van der Waals surface area contributed by atoms with E-state index in [0.29, 0.717) is 13.0 Å². The molecule has 27 heavy (non-hydrogen) atoms. The molecule has 0 unspecified atom stereocenters. The van der Waals surface area contributed by atoms with E-state index >= 15 is 0 Å². The van der Waals surface area contributed by atoms with Crippen molar-refractivity contribution in [3.63, 3.8) is 0 Å². The van der Waals surface area contributed by atoms with Gasteiger partial charge in [0.2, 0.25) is 5.91 Å². The Bertz CT molecular complexity index is 858. The highest BCUT2D eigenvalue weighted by atomic mass is 16.5. The number of hydrogen-bond acceptors (Lipinski definition) is 3. The SMILES string of the molecule is COc1ccc(CNC(=O)[C@@H](Cc2ccc(O)cc2)c2ccccc2)cc1. The van der Waals surface area contributed by atoms with E-state index in [4.69, 9.17) is 4.74 Å². The highest BCUT2D eigenvalue weighted by Gasteiger charge is 2.20. The van der Waals surface area contributed by atoms with E-state index in [1.54, 1.807) is 19.2 Å². The molecule has 0 aliphatic carbocycles. The Balaban J connectivity index is 1.72. The molecular formula is C23H23NO3. The van der Waals surface area contributed by atoms with E-state index in [1.165, 1.54) is 0 Å². The first kappa shape index (κ1) is 18.5. The number of phenols is 1. The second-order valence-corrected chi connectivity index (χ2v) is 6.40. The summed E-state index contributed by atoms with van der Waals surface area (Å²) in [7, 11) is 1.63. The number of rotatable bonds is 7. The van der Waals surface area contributed by atoms with E-state index in [0.717, 1.165) is 22.4 Å². The van der Waals surface area contributed by atoms with Gasteiger partial charge >= 0.3 is 0 Å². The van der Waals surface area contributed by atoms with Crippen LogP contribution in [0.3, 0.4) is 0 Å². The molecule has 3 aromatic carbocycles. The molecule has 0 saturated carbocycles. The van der Waals surface area contributed by atoms with Crippen molar-refractivity contribution in [1.82, 2.24) is 5.32 Å². The summed E-state index contributed by atoms with van der Waals surface area (Å²) in [5.41, 5.74) is 2.99. The predicted molar refractivity (Wildman–Crippen MR) is 106 cm³/mol. The lowest BCUT2D eigenvalue weighted by molar-refractivity contribution is -0.122. The van der Waals surface area contributed by atoms with Crippen molar-refractivity contribution < 1.29 is 14.6 Å². The van der Waals surface area contributed by atoms with Crippen LogP contribution in [0.15, 0.2) is 78.9 Å². The van der Waals surface area contributed by atoms with Crippen LogP contribution in [0.2, 0.25) is 0 Å². The summed E-state index contributed by atoms with van der Waals surface area (Å²) < 4.78 is 5.16. The van der Waals surface area contributed by atoms with E-state index in [9.17, 15) is 9.90 Å². The predicted octanol–water partition coefficient (Wildman–Crippen LogP) is 4.04. The summed E-state index contributed by atoms with van der Waals surface area (Å²) in [5, 5.41) is 12.5. The molecular weight excluding hydrogens is 338 g/mol. The Labute approximate surface area is 159 Å². The number of methoxy groups -OCH3 is 1. The summed E-state index contributed by atoms with van der Waals surface area (Å²) in [4.78, 5) is 12.9. The zero-order valence-corrected chi connectivity index (χ0v) is 15.3. The fourth-order valence-electron chi connectivity index (χ4n) is 2.97. The van der Waals surface area contributed by atoms with Crippen LogP contribution in [-0.4, -0.2) is 18.1 Å². The third-order valence-electron chi connectivity index (χ3n) is 4.52. The molecule has 1 atom stereocenters. The van der Waals surface area contributed by atoms with Gasteiger partial charge in [0.1, 0.15) is 11.5 Å². The zero-order valence-electron chi connectivity index (χ0n) is 15.3. The number of hydrogen-bond donors (Lipinski definition) is 2. The molecule has 0 fully saturated rings. The van der Waals surface area contributed by atoms with E-state index in [-0.39, 0.29) is 17.6 Å². The third kappa shape index (κ3) is 5.11. The second kappa shape index (κ2) is 8.90. The van der Waals surface area contributed by atoms with Crippen LogP contribution in [0.25, 0.3) is 0 Å². The fourth-order valence-corrected chi connectivity index (χ4v) is 2.97. The normalized spacial score (nSPS) is 11.6. The van der Waals surface area contributed by atoms with Crippen molar-refractivity contribution in [3.8, 4) is 11.5 Å². The van der Waals surface area contributed by atoms with E-state index < -0.39 is 0 Å². The molecule has 138 valence electrons. The van der Waals surface area contributed by atoms with Crippen LogP contribution >= 0.6 is 0 Å². The first-order valence-electron chi connectivity index (χ1n) is 8.89. The van der Waals surface area contributed by atoms with Crippen molar-refractivity contribution in [3.05, 3.63) is 95.6 Å². The Morgan fingerprint density at radius 1 is 0.926 bits per heavy atom. The molecule has 2 N–H and O–H groups in total. The highest BCUT2D eigenvalue weighted by molar-refractivity contribution is 5.84. The van der Waals surface area contributed by atoms with Gasteiger partial charge in [-0.1, -0.05) is 54.6 Å². The largest absolute Gasteiger partial charge is 0.508 e. The Kier molecular flexibility index (Phi) is 6.10. The molecule has 1 amide bonds. The highest BCUT2D eigenvalue weighted by Crippen LogP contribution is 2.23. The van der Waals surface area contributed by atoms with Crippen LogP contribution in [0.1, 0.15) is 22.6 Å². The molecule has 4 nitrogen and oxygen atoms in total. The van der Waals surface area contributed by atoms with Crippen molar-refractivity contribution in [2.45, 2.75) is 18.9 Å². The van der Waals surface area contributed by atoms with Crippen LogP contribution in [0.5, 0.6) is 11.5 Å². The molecule has 0 saturated heterocycles. The summed E-state index contributed by atoms with van der Waals surface area (Å²) >= 11 is 0. The van der Waals surface area contributed by atoms with Crippen LogP contribution in [0, 0.1) is 0 Å². The van der Waals surface area contributed by atoms with Crippen molar-refractivity contribution >= 4 is 5.91 Å². The van der Waals surface area contributed by atoms with E-state index in [2.05, 4.69) is 5.32 Å². The lowest BCUT2D eigenvalue weighted by Gasteiger charge is -2.18. The lowest BCUT2D eigenvalue weighted by Crippen LogP contribution is -2.30. The molecule has 4 heteroatoms. The average molecular weight is 361 g/mol. The minimum absolute atomic E-state index is 0.0231. The Morgan fingerprint density at radius 3 is 2.19 bits per heavy atom. The number of amides is 1. The number of nitrogens with one attached hydrogen (secondary N) is 1. The average Bonchev–Trinajstić information content (AvgIpc) is 2.72. The molecule has 0 radical (unpaired) electrons. The quantitative estimate of drug-likeness (QED) is 0.668. The zero-order chi connectivity index (χ0) is 19.1. The molecule has 3 aromatic rings. The van der Waals surface area contributed by atoms with Crippen LogP contribution in [0.4, 0.5) is 0 Å². The second-order valence-electron chi connectivity index (χ2n) is 6.40. The van der Waals surface area contributed by atoms with Gasteiger partial charge in [-0.15, -0.1) is 0 Å². The van der Waals surface area contributed by atoms with Gasteiger partial charge in [-0.3, -0.25) is 4.79 Å². The number of phenolic OH excluding ortho intramolecular Hbond substituents is 1. The van der Waals surface area contributed by atoms with Gasteiger partial charge in [-0.2, -0.15) is 0 Å². The van der Waals surface area contributed by atoms with Gasteiger partial charge in [-0.05, 0) is 47.4 Å². The maximum absolute atomic E-state index is 12.9. The number of benzene rings is 3. The maximum Gasteiger partial charge on any atom is 0.228 e. The summed E-state index contributed by atoms with van der Waals surface area (Å²) in [6.45, 7) is 0.460. The molecule has 0 aliphatic heterocycles. The number of carbonyl (C=O) groups is 1. The topological polar surface area (TPSA) is 58.6 Å². The minimum Gasteiger partial charge on any atom is -0.508 e. The monoisotopic (exact) mass is 361 g/mol. The molecule has 0 spiro atoms. The minimum atomic E-state index is -0.297. The van der Waals surface area contributed by atoms with Crippen molar-refractivity contribution in [2.75, 3.05) is 7.11 Å². The summed E-state index contributed by atoms with van der Waals surface area (Å²) in [5.74, 6) is 0.692. The fraction of sp³-hybridized carbons (Fsp3) is 0.174. The Hall–Kier alpha value is -3.27. The summed E-state index contributed by atoms with van der Waals surface area (Å²) in [6.07, 6.45) is 0.568. The first-order chi connectivity index (χ1) is 13.2. The standard InChI is InChI=1S/C23H23NO3/c1-27-21-13-9-18(10-14-21)16-24-23(26)22(19-5-3-2-4-6-19)15-17-7-11-20(25)12-8-17/h2-14,22,25H,15-16H2,1H3,(H,24,26)/t22-/m0/s1. The Morgan fingerprint density at radius 2 is 1.56 bits per heavy atom. The van der Waals surface area contributed by atoms with Crippen molar-refractivity contribution in [1.29, 1.82) is 0 Å².